The van der Waals surface area contributed by atoms with Gasteiger partial charge >= 0.3 is 0 Å². The molecule has 0 aromatic heterocycles. The van der Waals surface area contributed by atoms with Crippen LogP contribution in [0.3, 0.4) is 0 Å². The number of hydrogen-bond donors (Lipinski definition) is 0. The summed E-state index contributed by atoms with van der Waals surface area (Å²) in [4.78, 5) is 25.4. The molecule has 0 atom stereocenters. The van der Waals surface area contributed by atoms with Gasteiger partial charge in [-0.2, -0.15) is 0 Å². The van der Waals surface area contributed by atoms with Crippen molar-refractivity contribution in [2.45, 2.75) is 13.8 Å². The van der Waals surface area contributed by atoms with Crippen molar-refractivity contribution in [3.8, 4) is 23.0 Å². The molecule has 0 saturated carbocycles. The standard InChI is InChI=1S/C25H28O6/c1-25(2,23(26)13-9-17-7-11-19(28-3)21(15-17)30-5)24(27)14-10-18-8-12-20(29-4)22(16-18)31-6/h7-16H,1-6H3/b13-9+,14-10+. The summed E-state index contributed by atoms with van der Waals surface area (Å²) in [5.41, 5.74) is 0.311. The van der Waals surface area contributed by atoms with E-state index in [1.165, 1.54) is 12.2 Å². The summed E-state index contributed by atoms with van der Waals surface area (Å²) in [5, 5.41) is 0. The third kappa shape index (κ3) is 5.75. The zero-order chi connectivity index (χ0) is 23.0. The Bertz CT molecular complexity index is 922. The molecule has 0 bridgehead atoms. The second kappa shape index (κ2) is 10.5. The summed E-state index contributed by atoms with van der Waals surface area (Å²) >= 11 is 0. The van der Waals surface area contributed by atoms with Crippen molar-refractivity contribution in [1.29, 1.82) is 0 Å². The van der Waals surface area contributed by atoms with Crippen LogP contribution < -0.4 is 18.9 Å². The molecule has 0 saturated heterocycles. The molecule has 2 aromatic rings. The Morgan fingerprint density at radius 3 is 1.32 bits per heavy atom. The van der Waals surface area contributed by atoms with Crippen LogP contribution in [0.5, 0.6) is 23.0 Å². The number of hydrogen-bond acceptors (Lipinski definition) is 6. The van der Waals surface area contributed by atoms with Crippen molar-refractivity contribution in [3.05, 3.63) is 59.7 Å². The minimum absolute atomic E-state index is 0.302. The van der Waals surface area contributed by atoms with E-state index in [-0.39, 0.29) is 11.6 Å². The Hall–Kier alpha value is -3.54. The number of rotatable bonds is 10. The molecule has 0 aliphatic heterocycles. The lowest BCUT2D eigenvalue weighted by Crippen LogP contribution is -2.30. The highest BCUT2D eigenvalue weighted by atomic mass is 16.5. The van der Waals surface area contributed by atoms with Gasteiger partial charge in [0.15, 0.2) is 34.6 Å². The van der Waals surface area contributed by atoms with Gasteiger partial charge in [0.05, 0.1) is 33.9 Å². The Morgan fingerprint density at radius 2 is 1.00 bits per heavy atom. The molecular formula is C25H28O6. The van der Waals surface area contributed by atoms with Crippen molar-refractivity contribution < 1.29 is 28.5 Å². The first-order valence-corrected chi connectivity index (χ1v) is 9.66. The van der Waals surface area contributed by atoms with Gasteiger partial charge < -0.3 is 18.9 Å². The average molecular weight is 424 g/mol. The molecule has 164 valence electrons. The molecule has 0 spiro atoms. The SMILES string of the molecule is COc1ccc(/C=C/C(=O)C(C)(C)C(=O)/C=C/c2ccc(OC)c(OC)c2)cc1OC. The van der Waals surface area contributed by atoms with Crippen LogP contribution in [-0.2, 0) is 9.59 Å². The van der Waals surface area contributed by atoms with Crippen molar-refractivity contribution in [1.82, 2.24) is 0 Å². The number of allylic oxidation sites excluding steroid dienone is 2. The third-order valence-corrected chi connectivity index (χ3v) is 4.90. The highest BCUT2D eigenvalue weighted by Gasteiger charge is 2.32. The van der Waals surface area contributed by atoms with Crippen LogP contribution in [0.25, 0.3) is 12.2 Å². The van der Waals surface area contributed by atoms with Crippen LogP contribution >= 0.6 is 0 Å². The van der Waals surface area contributed by atoms with E-state index in [9.17, 15) is 9.59 Å². The number of ether oxygens (including phenoxy) is 4. The van der Waals surface area contributed by atoms with Gasteiger partial charge in [0.2, 0.25) is 0 Å². The molecule has 0 heterocycles. The Morgan fingerprint density at radius 1 is 0.645 bits per heavy atom. The molecule has 0 N–H and O–H groups in total. The van der Waals surface area contributed by atoms with Gasteiger partial charge in [0, 0.05) is 0 Å². The van der Waals surface area contributed by atoms with Gasteiger partial charge in [-0.05, 0) is 61.4 Å². The summed E-state index contributed by atoms with van der Waals surface area (Å²) in [6.07, 6.45) is 6.11. The van der Waals surface area contributed by atoms with Gasteiger partial charge in [-0.25, -0.2) is 0 Å². The van der Waals surface area contributed by atoms with Crippen molar-refractivity contribution in [3.63, 3.8) is 0 Å². The molecular weight excluding hydrogens is 396 g/mol. The van der Waals surface area contributed by atoms with Crippen LogP contribution in [0.2, 0.25) is 0 Å². The summed E-state index contributed by atoms with van der Waals surface area (Å²) in [7, 11) is 6.20. The van der Waals surface area contributed by atoms with E-state index >= 15 is 0 Å². The van der Waals surface area contributed by atoms with Crippen LogP contribution in [0.1, 0.15) is 25.0 Å². The quantitative estimate of drug-likeness (QED) is 0.410. The molecule has 0 aliphatic carbocycles. The highest BCUT2D eigenvalue weighted by Crippen LogP contribution is 2.30. The van der Waals surface area contributed by atoms with E-state index < -0.39 is 5.41 Å². The molecule has 0 aliphatic rings. The first-order valence-electron chi connectivity index (χ1n) is 9.66. The molecule has 0 fully saturated rings. The molecule has 0 amide bonds. The molecule has 31 heavy (non-hydrogen) atoms. The number of carbonyl (C=O) groups is 2. The molecule has 0 radical (unpaired) electrons. The summed E-state index contributed by atoms with van der Waals surface area (Å²) in [6, 6.07) is 10.6. The van der Waals surface area contributed by atoms with Crippen LogP contribution in [0, 0.1) is 5.41 Å². The van der Waals surface area contributed by atoms with Gasteiger partial charge in [-0.3, -0.25) is 9.59 Å². The maximum atomic E-state index is 12.7. The normalized spacial score (nSPS) is 11.5. The Kier molecular flexibility index (Phi) is 8.02. The fourth-order valence-electron chi connectivity index (χ4n) is 2.79. The number of methoxy groups -OCH3 is 4. The molecule has 2 aromatic carbocycles. The minimum atomic E-state index is -1.21. The van der Waals surface area contributed by atoms with Crippen LogP contribution in [0.4, 0.5) is 0 Å². The van der Waals surface area contributed by atoms with Crippen molar-refractivity contribution >= 4 is 23.7 Å². The molecule has 6 nitrogen and oxygen atoms in total. The number of ketones is 2. The number of benzene rings is 2. The third-order valence-electron chi connectivity index (χ3n) is 4.90. The maximum absolute atomic E-state index is 12.7. The smallest absolute Gasteiger partial charge is 0.169 e. The predicted molar refractivity (Wildman–Crippen MR) is 121 cm³/mol. The van der Waals surface area contributed by atoms with Crippen molar-refractivity contribution in [2.75, 3.05) is 28.4 Å². The largest absolute Gasteiger partial charge is 0.493 e. The van der Waals surface area contributed by atoms with Gasteiger partial charge in [-0.1, -0.05) is 24.3 Å². The van der Waals surface area contributed by atoms with E-state index in [2.05, 4.69) is 0 Å². The summed E-state index contributed by atoms with van der Waals surface area (Å²) in [6.45, 7) is 3.21. The second-order valence-corrected chi connectivity index (χ2v) is 7.25. The van der Waals surface area contributed by atoms with E-state index in [1.54, 1.807) is 90.8 Å². The highest BCUT2D eigenvalue weighted by molar-refractivity contribution is 6.16. The van der Waals surface area contributed by atoms with Crippen molar-refractivity contribution in [2.24, 2.45) is 5.41 Å². The average Bonchev–Trinajstić information content (AvgIpc) is 2.80. The molecule has 6 heteroatoms. The molecule has 2 rings (SSSR count). The van der Waals surface area contributed by atoms with Crippen LogP contribution in [-0.4, -0.2) is 40.0 Å². The lowest BCUT2D eigenvalue weighted by molar-refractivity contribution is -0.132. The van der Waals surface area contributed by atoms with Gasteiger partial charge in [-0.15, -0.1) is 0 Å². The number of carbonyl (C=O) groups excluding carboxylic acids is 2. The summed E-state index contributed by atoms with van der Waals surface area (Å²) < 4.78 is 21.0. The summed E-state index contributed by atoms with van der Waals surface area (Å²) in [5.74, 6) is 1.72. The van der Waals surface area contributed by atoms with E-state index in [0.29, 0.717) is 23.0 Å². The fraction of sp³-hybridized carbons (Fsp3) is 0.280. The lowest BCUT2D eigenvalue weighted by atomic mass is 9.82. The topological polar surface area (TPSA) is 71.1 Å². The zero-order valence-corrected chi connectivity index (χ0v) is 18.7. The zero-order valence-electron chi connectivity index (χ0n) is 18.7. The predicted octanol–water partition coefficient (Wildman–Crippen LogP) is 4.61. The maximum Gasteiger partial charge on any atom is 0.169 e. The van der Waals surface area contributed by atoms with E-state index in [0.717, 1.165) is 11.1 Å². The Labute approximate surface area is 183 Å². The second-order valence-electron chi connectivity index (χ2n) is 7.25. The Balaban J connectivity index is 2.14. The van der Waals surface area contributed by atoms with E-state index in [1.807, 2.05) is 0 Å². The molecule has 0 unspecified atom stereocenters. The van der Waals surface area contributed by atoms with Gasteiger partial charge in [0.25, 0.3) is 0 Å². The fourth-order valence-corrected chi connectivity index (χ4v) is 2.79. The monoisotopic (exact) mass is 424 g/mol. The first kappa shape index (κ1) is 23.7. The minimum Gasteiger partial charge on any atom is -0.493 e. The first-order chi connectivity index (χ1) is 14.8. The van der Waals surface area contributed by atoms with Gasteiger partial charge in [0.1, 0.15) is 0 Å². The lowest BCUT2D eigenvalue weighted by Gasteiger charge is -2.17. The van der Waals surface area contributed by atoms with E-state index in [4.69, 9.17) is 18.9 Å². The van der Waals surface area contributed by atoms with Crippen LogP contribution in [0.15, 0.2) is 48.6 Å².